The number of carbonyl (C=O) groups excluding carboxylic acids is 3. The first-order chi connectivity index (χ1) is 16.5. The van der Waals surface area contributed by atoms with Crippen LogP contribution in [0.1, 0.15) is 27.8 Å². The smallest absolute Gasteiger partial charge is 0.338 e. The van der Waals surface area contributed by atoms with E-state index in [4.69, 9.17) is 9.15 Å². The fourth-order valence-corrected chi connectivity index (χ4v) is 3.27. The van der Waals surface area contributed by atoms with Crippen molar-refractivity contribution in [1.82, 2.24) is 0 Å². The molecule has 0 saturated carbocycles. The molecule has 2 amide bonds. The van der Waals surface area contributed by atoms with E-state index in [2.05, 4.69) is 10.6 Å². The molecule has 7 nitrogen and oxygen atoms in total. The molecule has 4 aromatic rings. The number of anilines is 2. The maximum absolute atomic E-state index is 12.7. The molecule has 34 heavy (non-hydrogen) atoms. The summed E-state index contributed by atoms with van der Waals surface area (Å²) in [5.74, 6) is -1.32. The first kappa shape index (κ1) is 22.5. The van der Waals surface area contributed by atoms with Crippen molar-refractivity contribution < 1.29 is 23.5 Å². The van der Waals surface area contributed by atoms with E-state index in [-0.39, 0.29) is 11.3 Å². The van der Waals surface area contributed by atoms with Gasteiger partial charge >= 0.3 is 5.97 Å². The van der Waals surface area contributed by atoms with Crippen molar-refractivity contribution >= 4 is 29.2 Å². The number of para-hydroxylation sites is 1. The largest absolute Gasteiger partial charge is 0.459 e. The molecule has 0 fully saturated rings. The molecule has 0 aliphatic rings. The molecule has 0 radical (unpaired) electrons. The lowest BCUT2D eigenvalue weighted by Gasteiger charge is -2.16. The average Bonchev–Trinajstić information content (AvgIpc) is 3.41. The third-order valence-corrected chi connectivity index (χ3v) is 5.05. The minimum Gasteiger partial charge on any atom is -0.459 e. The van der Waals surface area contributed by atoms with Crippen LogP contribution in [0.25, 0.3) is 11.1 Å². The molecule has 2 N–H and O–H groups in total. The van der Waals surface area contributed by atoms with Crippen molar-refractivity contribution in [3.05, 3.63) is 109 Å². The molecule has 0 saturated heterocycles. The van der Waals surface area contributed by atoms with Crippen molar-refractivity contribution in [1.29, 1.82) is 0 Å². The topological polar surface area (TPSA) is 97.6 Å². The van der Waals surface area contributed by atoms with E-state index in [1.807, 2.05) is 48.5 Å². The van der Waals surface area contributed by atoms with Crippen molar-refractivity contribution in [3.63, 3.8) is 0 Å². The summed E-state index contributed by atoms with van der Waals surface area (Å²) in [5.41, 5.74) is 3.18. The molecule has 0 aliphatic heterocycles. The van der Waals surface area contributed by atoms with E-state index >= 15 is 0 Å². The standard InChI is InChI=1S/C27H22N2O5/c1-18(25(30)29-23-11-6-5-10-22(23)19-8-3-2-4-9-19)34-27(32)20-13-15-21(16-14-20)28-26(31)24-12-7-17-33-24/h2-18H,1H3,(H,28,31)(H,29,30). The molecule has 7 heteroatoms. The number of hydrogen-bond donors (Lipinski definition) is 2. The highest BCUT2D eigenvalue weighted by atomic mass is 16.5. The molecule has 1 heterocycles. The molecule has 170 valence electrons. The van der Waals surface area contributed by atoms with Crippen LogP contribution in [0.3, 0.4) is 0 Å². The van der Waals surface area contributed by atoms with E-state index in [0.717, 1.165) is 11.1 Å². The molecule has 1 unspecified atom stereocenters. The minimum atomic E-state index is -1.02. The number of furan rings is 1. The molecular formula is C27H22N2O5. The van der Waals surface area contributed by atoms with Gasteiger partial charge in [0, 0.05) is 16.9 Å². The van der Waals surface area contributed by atoms with Crippen LogP contribution in [0.4, 0.5) is 11.4 Å². The highest BCUT2D eigenvalue weighted by Gasteiger charge is 2.20. The SMILES string of the molecule is CC(OC(=O)c1ccc(NC(=O)c2ccco2)cc1)C(=O)Nc1ccccc1-c1ccccc1. The fourth-order valence-electron chi connectivity index (χ4n) is 3.27. The summed E-state index contributed by atoms with van der Waals surface area (Å²) in [6, 6.07) is 26.4. The molecule has 0 spiro atoms. The summed E-state index contributed by atoms with van der Waals surface area (Å²) in [4.78, 5) is 37.3. The second kappa shape index (κ2) is 10.3. The maximum Gasteiger partial charge on any atom is 0.338 e. The van der Waals surface area contributed by atoms with E-state index < -0.39 is 23.9 Å². The minimum absolute atomic E-state index is 0.178. The zero-order valence-electron chi connectivity index (χ0n) is 18.4. The molecule has 1 atom stereocenters. The van der Waals surface area contributed by atoms with Crippen LogP contribution in [-0.4, -0.2) is 23.9 Å². The molecular weight excluding hydrogens is 432 g/mol. The highest BCUT2D eigenvalue weighted by Crippen LogP contribution is 2.27. The average molecular weight is 454 g/mol. The number of carbonyl (C=O) groups is 3. The van der Waals surface area contributed by atoms with Crippen molar-refractivity contribution in [2.75, 3.05) is 10.6 Å². The Kier molecular flexibility index (Phi) is 6.84. The highest BCUT2D eigenvalue weighted by molar-refractivity contribution is 6.03. The van der Waals surface area contributed by atoms with E-state index in [9.17, 15) is 14.4 Å². The van der Waals surface area contributed by atoms with Crippen LogP contribution in [0.2, 0.25) is 0 Å². The second-order valence-corrected chi connectivity index (χ2v) is 7.46. The van der Waals surface area contributed by atoms with E-state index in [1.165, 1.54) is 25.3 Å². The van der Waals surface area contributed by atoms with Gasteiger partial charge in [-0.25, -0.2) is 4.79 Å². The van der Waals surface area contributed by atoms with Crippen LogP contribution < -0.4 is 10.6 Å². The number of ether oxygens (including phenoxy) is 1. The van der Waals surface area contributed by atoms with Crippen molar-refractivity contribution in [2.45, 2.75) is 13.0 Å². The third kappa shape index (κ3) is 5.39. The van der Waals surface area contributed by atoms with Gasteiger partial charge in [0.15, 0.2) is 11.9 Å². The van der Waals surface area contributed by atoms with Crippen LogP contribution in [0.15, 0.2) is 102 Å². The number of benzene rings is 3. The van der Waals surface area contributed by atoms with Gasteiger partial charge in [-0.1, -0.05) is 48.5 Å². The van der Waals surface area contributed by atoms with Gasteiger partial charge in [0.05, 0.1) is 11.8 Å². The van der Waals surface area contributed by atoms with E-state index in [0.29, 0.717) is 11.4 Å². The Morgan fingerprint density at radius 3 is 2.21 bits per heavy atom. The van der Waals surface area contributed by atoms with Gasteiger partial charge in [-0.2, -0.15) is 0 Å². The summed E-state index contributed by atoms with van der Waals surface area (Å²) >= 11 is 0. The van der Waals surface area contributed by atoms with Gasteiger partial charge in [-0.15, -0.1) is 0 Å². The first-order valence-corrected chi connectivity index (χ1v) is 10.6. The number of esters is 1. The van der Waals surface area contributed by atoms with Gasteiger partial charge in [-0.05, 0) is 55.0 Å². The number of hydrogen-bond acceptors (Lipinski definition) is 5. The Hall–Kier alpha value is -4.65. The van der Waals surface area contributed by atoms with E-state index in [1.54, 1.807) is 30.3 Å². The Balaban J connectivity index is 1.36. The summed E-state index contributed by atoms with van der Waals surface area (Å²) in [6.07, 6.45) is 0.390. The summed E-state index contributed by atoms with van der Waals surface area (Å²) < 4.78 is 10.4. The summed E-state index contributed by atoms with van der Waals surface area (Å²) in [7, 11) is 0. The van der Waals surface area contributed by atoms with Crippen molar-refractivity contribution in [3.8, 4) is 11.1 Å². The molecule has 1 aromatic heterocycles. The van der Waals surface area contributed by atoms with Gasteiger partial charge in [-0.3, -0.25) is 9.59 Å². The summed E-state index contributed by atoms with van der Waals surface area (Å²) in [6.45, 7) is 1.51. The quantitative estimate of drug-likeness (QED) is 0.365. The Labute approximate surface area is 196 Å². The normalized spacial score (nSPS) is 11.3. The van der Waals surface area contributed by atoms with Crippen LogP contribution >= 0.6 is 0 Å². The predicted molar refractivity (Wildman–Crippen MR) is 128 cm³/mol. The molecule has 0 bridgehead atoms. The number of rotatable bonds is 7. The van der Waals surface area contributed by atoms with Gasteiger partial charge in [0.2, 0.25) is 0 Å². The number of amides is 2. The van der Waals surface area contributed by atoms with Crippen LogP contribution in [0, 0.1) is 0 Å². The van der Waals surface area contributed by atoms with Gasteiger partial charge < -0.3 is 19.8 Å². The lowest BCUT2D eigenvalue weighted by atomic mass is 10.0. The third-order valence-electron chi connectivity index (χ3n) is 5.05. The fraction of sp³-hybridized carbons (Fsp3) is 0.0741. The lowest BCUT2D eigenvalue weighted by Crippen LogP contribution is -2.30. The first-order valence-electron chi connectivity index (χ1n) is 10.6. The molecule has 3 aromatic carbocycles. The zero-order valence-corrected chi connectivity index (χ0v) is 18.4. The molecule has 0 aliphatic carbocycles. The molecule has 4 rings (SSSR count). The van der Waals surface area contributed by atoms with Gasteiger partial charge in [0.1, 0.15) is 0 Å². The Bertz CT molecular complexity index is 1280. The Morgan fingerprint density at radius 2 is 1.50 bits per heavy atom. The zero-order chi connectivity index (χ0) is 23.9. The second-order valence-electron chi connectivity index (χ2n) is 7.46. The lowest BCUT2D eigenvalue weighted by molar-refractivity contribution is -0.123. The predicted octanol–water partition coefficient (Wildman–Crippen LogP) is 5.38. The van der Waals surface area contributed by atoms with Crippen LogP contribution in [-0.2, 0) is 9.53 Å². The van der Waals surface area contributed by atoms with Crippen molar-refractivity contribution in [2.24, 2.45) is 0 Å². The maximum atomic E-state index is 12.7. The monoisotopic (exact) mass is 454 g/mol. The van der Waals surface area contributed by atoms with Crippen LogP contribution in [0.5, 0.6) is 0 Å². The summed E-state index contributed by atoms with van der Waals surface area (Å²) in [5, 5.41) is 5.50. The van der Waals surface area contributed by atoms with Gasteiger partial charge in [0.25, 0.3) is 11.8 Å². The Morgan fingerprint density at radius 1 is 0.794 bits per heavy atom. The number of nitrogens with one attached hydrogen (secondary N) is 2.